The molecule has 1 aromatic carbocycles. The van der Waals surface area contributed by atoms with Gasteiger partial charge in [-0.3, -0.25) is 9.78 Å². The Morgan fingerprint density at radius 1 is 1.24 bits per heavy atom. The van der Waals surface area contributed by atoms with Gasteiger partial charge in [0.15, 0.2) is 0 Å². The van der Waals surface area contributed by atoms with Crippen LogP contribution in [0.4, 0.5) is 5.69 Å². The van der Waals surface area contributed by atoms with Crippen molar-refractivity contribution in [1.29, 1.82) is 0 Å². The zero-order valence-electron chi connectivity index (χ0n) is 12.5. The summed E-state index contributed by atoms with van der Waals surface area (Å²) in [6.07, 6.45) is 4.47. The first-order valence-corrected chi connectivity index (χ1v) is 7.21. The van der Waals surface area contributed by atoms with Crippen LogP contribution >= 0.6 is 0 Å². The number of amides is 1. The van der Waals surface area contributed by atoms with E-state index in [0.717, 1.165) is 24.2 Å². The predicted octanol–water partition coefficient (Wildman–Crippen LogP) is 3.18. The largest absolute Gasteiger partial charge is 0.387 e. The van der Waals surface area contributed by atoms with Crippen LogP contribution in [0.5, 0.6) is 0 Å². The molecular weight excluding hydrogens is 262 g/mol. The van der Waals surface area contributed by atoms with Crippen LogP contribution < -0.4 is 5.32 Å². The van der Waals surface area contributed by atoms with E-state index in [1.807, 2.05) is 48.3 Å². The first kappa shape index (κ1) is 15.0. The summed E-state index contributed by atoms with van der Waals surface area (Å²) in [5, 5.41) is 3.08. The number of nitrogens with zero attached hydrogens (tertiary/aromatic N) is 2. The molecule has 0 aliphatic rings. The van der Waals surface area contributed by atoms with Gasteiger partial charge >= 0.3 is 0 Å². The highest BCUT2D eigenvalue weighted by molar-refractivity contribution is 5.99. The number of para-hydroxylation sites is 1. The van der Waals surface area contributed by atoms with Crippen molar-refractivity contribution in [3.8, 4) is 0 Å². The van der Waals surface area contributed by atoms with Gasteiger partial charge in [-0.05, 0) is 30.2 Å². The molecule has 0 bridgehead atoms. The van der Waals surface area contributed by atoms with Crippen molar-refractivity contribution >= 4 is 11.6 Å². The molecule has 0 fully saturated rings. The molecule has 1 heterocycles. The molecule has 0 aliphatic carbocycles. The lowest BCUT2D eigenvalue weighted by Gasteiger charge is -2.23. The summed E-state index contributed by atoms with van der Waals surface area (Å²) < 4.78 is 0. The lowest BCUT2D eigenvalue weighted by atomic mass is 10.1. The zero-order chi connectivity index (χ0) is 15.1. The average Bonchev–Trinajstić information content (AvgIpc) is 2.54. The van der Waals surface area contributed by atoms with E-state index in [0.29, 0.717) is 12.1 Å². The van der Waals surface area contributed by atoms with E-state index in [2.05, 4.69) is 17.2 Å². The Balaban J connectivity index is 2.23. The maximum atomic E-state index is 12.8. The lowest BCUT2D eigenvalue weighted by Crippen LogP contribution is -2.31. The summed E-state index contributed by atoms with van der Waals surface area (Å²) >= 11 is 0. The van der Waals surface area contributed by atoms with Crippen molar-refractivity contribution in [2.45, 2.75) is 19.9 Å². The Morgan fingerprint density at radius 3 is 2.71 bits per heavy atom. The maximum absolute atomic E-state index is 12.8. The van der Waals surface area contributed by atoms with Gasteiger partial charge in [-0.25, -0.2) is 0 Å². The van der Waals surface area contributed by atoms with Crippen LogP contribution in [-0.2, 0) is 6.54 Å². The molecule has 0 atom stereocenters. The second-order valence-corrected chi connectivity index (χ2v) is 4.88. The number of benzene rings is 1. The number of aromatic nitrogens is 1. The molecule has 0 unspecified atom stereocenters. The van der Waals surface area contributed by atoms with Gasteiger partial charge in [0.25, 0.3) is 5.91 Å². The molecule has 1 N–H and O–H groups in total. The highest BCUT2D eigenvalue weighted by atomic mass is 16.2. The maximum Gasteiger partial charge on any atom is 0.256 e. The first-order chi connectivity index (χ1) is 10.3. The van der Waals surface area contributed by atoms with Gasteiger partial charge in [0.1, 0.15) is 0 Å². The molecule has 21 heavy (non-hydrogen) atoms. The summed E-state index contributed by atoms with van der Waals surface area (Å²) in [5.41, 5.74) is 2.60. The van der Waals surface area contributed by atoms with Gasteiger partial charge < -0.3 is 10.2 Å². The van der Waals surface area contributed by atoms with Crippen molar-refractivity contribution in [2.75, 3.05) is 18.9 Å². The molecule has 2 rings (SSSR count). The normalized spacial score (nSPS) is 10.2. The molecule has 110 valence electrons. The third kappa shape index (κ3) is 3.81. The van der Waals surface area contributed by atoms with Crippen LogP contribution in [0, 0.1) is 0 Å². The third-order valence-electron chi connectivity index (χ3n) is 3.30. The number of carbonyl (C=O) groups is 1. The van der Waals surface area contributed by atoms with E-state index in [1.54, 1.807) is 12.4 Å². The van der Waals surface area contributed by atoms with E-state index < -0.39 is 0 Å². The van der Waals surface area contributed by atoms with Crippen LogP contribution in [0.15, 0.2) is 48.8 Å². The molecule has 0 saturated heterocycles. The molecule has 0 spiro atoms. The minimum absolute atomic E-state index is 0.0469. The summed E-state index contributed by atoms with van der Waals surface area (Å²) in [6.45, 7) is 3.39. The third-order valence-corrected chi connectivity index (χ3v) is 3.30. The molecule has 2 aromatic rings. The molecule has 4 heteroatoms. The van der Waals surface area contributed by atoms with Crippen LogP contribution in [0.1, 0.15) is 29.3 Å². The summed E-state index contributed by atoms with van der Waals surface area (Å²) in [7, 11) is 1.83. The van der Waals surface area contributed by atoms with E-state index in [-0.39, 0.29) is 5.91 Å². The van der Waals surface area contributed by atoms with Crippen LogP contribution in [-0.4, -0.2) is 29.4 Å². The second-order valence-electron chi connectivity index (χ2n) is 4.88. The number of pyridine rings is 1. The van der Waals surface area contributed by atoms with Gasteiger partial charge in [-0.2, -0.15) is 0 Å². The first-order valence-electron chi connectivity index (χ1n) is 7.21. The van der Waals surface area contributed by atoms with Crippen molar-refractivity contribution in [1.82, 2.24) is 9.88 Å². The topological polar surface area (TPSA) is 45.2 Å². The molecule has 0 radical (unpaired) electrons. The molecule has 1 aromatic heterocycles. The van der Waals surface area contributed by atoms with Gasteiger partial charge in [0.05, 0.1) is 5.56 Å². The average molecular weight is 283 g/mol. The van der Waals surface area contributed by atoms with Crippen molar-refractivity contribution in [3.05, 3.63) is 59.9 Å². The Bertz CT molecular complexity index is 584. The van der Waals surface area contributed by atoms with Gasteiger partial charge in [0, 0.05) is 38.2 Å². The number of hydrogen-bond donors (Lipinski definition) is 1. The van der Waals surface area contributed by atoms with Crippen LogP contribution in [0.25, 0.3) is 0 Å². The fraction of sp³-hybridized carbons (Fsp3) is 0.294. The van der Waals surface area contributed by atoms with Crippen LogP contribution in [0.2, 0.25) is 0 Å². The minimum Gasteiger partial charge on any atom is -0.387 e. The van der Waals surface area contributed by atoms with Crippen LogP contribution in [0.3, 0.4) is 0 Å². The summed E-state index contributed by atoms with van der Waals surface area (Å²) in [6, 6.07) is 11.5. The van der Waals surface area contributed by atoms with E-state index >= 15 is 0 Å². The molecule has 0 saturated carbocycles. The van der Waals surface area contributed by atoms with Crippen molar-refractivity contribution in [3.63, 3.8) is 0 Å². The van der Waals surface area contributed by atoms with E-state index in [4.69, 9.17) is 0 Å². The number of hydrogen-bond acceptors (Lipinski definition) is 3. The van der Waals surface area contributed by atoms with Gasteiger partial charge in [0.2, 0.25) is 0 Å². The number of nitrogens with one attached hydrogen (secondary N) is 1. The molecule has 4 nitrogen and oxygen atoms in total. The Morgan fingerprint density at radius 2 is 2.05 bits per heavy atom. The summed E-state index contributed by atoms with van der Waals surface area (Å²) in [5.74, 6) is 0.0469. The highest BCUT2D eigenvalue weighted by Crippen LogP contribution is 2.18. The predicted molar refractivity (Wildman–Crippen MR) is 85.3 cm³/mol. The summed E-state index contributed by atoms with van der Waals surface area (Å²) in [4.78, 5) is 18.8. The SMILES string of the molecule is CCCN(Cc1cccnc1)C(=O)c1ccccc1NC. The smallest absolute Gasteiger partial charge is 0.256 e. The molecule has 0 aliphatic heterocycles. The monoisotopic (exact) mass is 283 g/mol. The Kier molecular flexibility index (Phi) is 5.32. The fourth-order valence-electron chi connectivity index (χ4n) is 2.29. The van der Waals surface area contributed by atoms with Gasteiger partial charge in [-0.15, -0.1) is 0 Å². The minimum atomic E-state index is 0.0469. The Hall–Kier alpha value is -2.36. The van der Waals surface area contributed by atoms with E-state index in [1.165, 1.54) is 0 Å². The number of anilines is 1. The Labute approximate surface area is 125 Å². The molecule has 1 amide bonds. The number of carbonyl (C=O) groups excluding carboxylic acids is 1. The lowest BCUT2D eigenvalue weighted by molar-refractivity contribution is 0.0744. The highest BCUT2D eigenvalue weighted by Gasteiger charge is 2.18. The van der Waals surface area contributed by atoms with Gasteiger partial charge in [-0.1, -0.05) is 25.1 Å². The standard InChI is InChI=1S/C17H21N3O/c1-3-11-20(13-14-7-6-10-19-12-14)17(21)15-8-4-5-9-16(15)18-2/h4-10,12,18H,3,11,13H2,1-2H3. The quantitative estimate of drug-likeness (QED) is 0.885. The zero-order valence-corrected chi connectivity index (χ0v) is 12.5. The van der Waals surface area contributed by atoms with Crippen molar-refractivity contribution < 1.29 is 4.79 Å². The molecular formula is C17H21N3O. The fourth-order valence-corrected chi connectivity index (χ4v) is 2.29. The van der Waals surface area contributed by atoms with E-state index in [9.17, 15) is 4.79 Å². The van der Waals surface area contributed by atoms with Crippen molar-refractivity contribution in [2.24, 2.45) is 0 Å². The second kappa shape index (κ2) is 7.43. The number of rotatable bonds is 6.